The maximum atomic E-state index is 13.1. The number of amides is 1. The quantitative estimate of drug-likeness (QED) is 0.476. The Hall–Kier alpha value is -3.81. The topological polar surface area (TPSA) is 104 Å². The van der Waals surface area contributed by atoms with Crippen molar-refractivity contribution in [2.75, 3.05) is 23.7 Å². The minimum atomic E-state index is -0.512. The number of benzene rings is 2. The SMILES string of the molecule is CCCCn1c(N)c(N(Cc2ccccc2)Cc2cccc(C(=O)N3CCCCC3)c2)c(=O)[nH]c1=O. The van der Waals surface area contributed by atoms with Crippen LogP contribution in [0.15, 0.2) is 64.2 Å². The maximum Gasteiger partial charge on any atom is 0.330 e. The van der Waals surface area contributed by atoms with Crippen LogP contribution in [-0.2, 0) is 19.6 Å². The van der Waals surface area contributed by atoms with Crippen molar-refractivity contribution in [2.24, 2.45) is 0 Å². The molecule has 1 saturated heterocycles. The molecular weight excluding hydrogens is 454 g/mol. The number of piperidine rings is 1. The molecule has 1 aliphatic rings. The summed E-state index contributed by atoms with van der Waals surface area (Å²) >= 11 is 0. The predicted molar refractivity (Wildman–Crippen MR) is 143 cm³/mol. The molecule has 0 spiro atoms. The number of carbonyl (C=O) groups is 1. The third-order valence-corrected chi connectivity index (χ3v) is 6.67. The predicted octanol–water partition coefficient (Wildman–Crippen LogP) is 3.75. The number of carbonyl (C=O) groups excluding carboxylic acids is 1. The summed E-state index contributed by atoms with van der Waals surface area (Å²) in [6.45, 7) is 4.82. The normalized spacial score (nSPS) is 13.5. The largest absolute Gasteiger partial charge is 0.383 e. The standard InChI is InChI=1S/C28H35N5O3/c1-2-3-17-33-25(29)24(26(34)30-28(33)36)32(19-21-11-6-4-7-12-21)20-22-13-10-14-23(18-22)27(35)31-15-8-5-9-16-31/h4,6-7,10-14,18H,2-3,5,8-9,15-17,19-20,29H2,1H3,(H,30,34,36). The Labute approximate surface area is 211 Å². The maximum absolute atomic E-state index is 13.1. The van der Waals surface area contributed by atoms with Crippen molar-refractivity contribution < 1.29 is 4.79 Å². The van der Waals surface area contributed by atoms with Gasteiger partial charge in [-0.25, -0.2) is 4.79 Å². The molecule has 3 aromatic rings. The van der Waals surface area contributed by atoms with Crippen molar-refractivity contribution in [3.8, 4) is 0 Å². The molecule has 0 unspecified atom stereocenters. The molecule has 1 amide bonds. The van der Waals surface area contributed by atoms with Crippen LogP contribution in [-0.4, -0.2) is 33.4 Å². The number of rotatable bonds is 9. The van der Waals surface area contributed by atoms with Gasteiger partial charge in [-0.05, 0) is 48.9 Å². The summed E-state index contributed by atoms with van der Waals surface area (Å²) in [4.78, 5) is 44.9. The second-order valence-corrected chi connectivity index (χ2v) is 9.39. The lowest BCUT2D eigenvalue weighted by Gasteiger charge is -2.28. The summed E-state index contributed by atoms with van der Waals surface area (Å²) in [5.41, 5.74) is 8.24. The van der Waals surface area contributed by atoms with E-state index in [1.54, 1.807) is 0 Å². The summed E-state index contributed by atoms with van der Waals surface area (Å²) in [6.07, 6.45) is 4.90. The highest BCUT2D eigenvalue weighted by Gasteiger charge is 2.21. The van der Waals surface area contributed by atoms with Crippen molar-refractivity contribution >= 4 is 17.4 Å². The van der Waals surface area contributed by atoms with E-state index >= 15 is 0 Å². The number of nitrogens with zero attached hydrogens (tertiary/aromatic N) is 3. The molecule has 0 radical (unpaired) electrons. The first-order chi connectivity index (χ1) is 17.5. The van der Waals surface area contributed by atoms with Crippen LogP contribution in [0.1, 0.15) is 60.5 Å². The van der Waals surface area contributed by atoms with E-state index in [9.17, 15) is 14.4 Å². The van der Waals surface area contributed by atoms with Gasteiger partial charge in [0.1, 0.15) is 11.5 Å². The molecule has 0 bridgehead atoms. The van der Waals surface area contributed by atoms with Crippen molar-refractivity contribution in [1.29, 1.82) is 0 Å². The average molecular weight is 490 g/mol. The first-order valence-corrected chi connectivity index (χ1v) is 12.8. The van der Waals surface area contributed by atoms with Crippen LogP contribution in [0.4, 0.5) is 11.5 Å². The summed E-state index contributed by atoms with van der Waals surface area (Å²) in [6, 6.07) is 17.4. The second kappa shape index (κ2) is 11.7. The fraction of sp³-hybridized carbons (Fsp3) is 0.393. The lowest BCUT2D eigenvalue weighted by molar-refractivity contribution is 0.0724. The molecule has 36 heavy (non-hydrogen) atoms. The van der Waals surface area contributed by atoms with Gasteiger partial charge in [0.25, 0.3) is 11.5 Å². The van der Waals surface area contributed by atoms with Gasteiger partial charge in [0.2, 0.25) is 0 Å². The highest BCUT2D eigenvalue weighted by Crippen LogP contribution is 2.23. The van der Waals surface area contributed by atoms with Gasteiger partial charge in [0.15, 0.2) is 0 Å². The highest BCUT2D eigenvalue weighted by molar-refractivity contribution is 5.94. The number of aromatic amines is 1. The minimum Gasteiger partial charge on any atom is -0.383 e. The third-order valence-electron chi connectivity index (χ3n) is 6.67. The van der Waals surface area contributed by atoms with E-state index in [1.807, 2.05) is 71.3 Å². The second-order valence-electron chi connectivity index (χ2n) is 9.39. The minimum absolute atomic E-state index is 0.0386. The van der Waals surface area contributed by atoms with Gasteiger partial charge in [-0.1, -0.05) is 55.8 Å². The van der Waals surface area contributed by atoms with Gasteiger partial charge in [0.05, 0.1) is 0 Å². The number of nitrogens with two attached hydrogens (primary N) is 1. The molecule has 1 aromatic heterocycles. The number of hydrogen-bond donors (Lipinski definition) is 2. The number of unbranched alkanes of at least 4 members (excludes halogenated alkanes) is 1. The molecule has 8 nitrogen and oxygen atoms in total. The first kappa shape index (κ1) is 25.3. The molecule has 1 fully saturated rings. The Bertz CT molecular complexity index is 1290. The van der Waals surface area contributed by atoms with Gasteiger partial charge < -0.3 is 15.5 Å². The molecule has 190 valence electrons. The molecule has 0 saturated carbocycles. The molecule has 4 rings (SSSR count). The molecule has 8 heteroatoms. The number of hydrogen-bond acceptors (Lipinski definition) is 5. The summed E-state index contributed by atoms with van der Waals surface area (Å²) in [7, 11) is 0. The van der Waals surface area contributed by atoms with Gasteiger partial charge in [-0.3, -0.25) is 19.1 Å². The molecule has 3 N–H and O–H groups in total. The molecule has 2 heterocycles. The average Bonchev–Trinajstić information content (AvgIpc) is 2.89. The zero-order valence-electron chi connectivity index (χ0n) is 20.9. The smallest absolute Gasteiger partial charge is 0.330 e. The van der Waals surface area contributed by atoms with Crippen molar-refractivity contribution in [1.82, 2.24) is 14.5 Å². The van der Waals surface area contributed by atoms with Crippen LogP contribution in [0.2, 0.25) is 0 Å². The number of anilines is 2. The Morgan fingerprint density at radius 2 is 1.67 bits per heavy atom. The fourth-order valence-corrected chi connectivity index (χ4v) is 4.74. The van der Waals surface area contributed by atoms with Crippen LogP contribution in [0.3, 0.4) is 0 Å². The van der Waals surface area contributed by atoms with Gasteiger partial charge in [-0.15, -0.1) is 0 Å². The Balaban J connectivity index is 1.70. The van der Waals surface area contributed by atoms with Gasteiger partial charge in [0, 0.05) is 38.3 Å². The number of nitrogen functional groups attached to an aromatic ring is 1. The lowest BCUT2D eigenvalue weighted by atomic mass is 10.1. The van der Waals surface area contributed by atoms with E-state index in [-0.39, 0.29) is 17.4 Å². The van der Waals surface area contributed by atoms with E-state index in [4.69, 9.17) is 5.73 Å². The van der Waals surface area contributed by atoms with Gasteiger partial charge >= 0.3 is 5.69 Å². The number of aromatic nitrogens is 2. The van der Waals surface area contributed by atoms with E-state index in [0.717, 1.165) is 56.3 Å². The number of H-pyrrole nitrogens is 1. The fourth-order valence-electron chi connectivity index (χ4n) is 4.74. The Morgan fingerprint density at radius 3 is 2.39 bits per heavy atom. The van der Waals surface area contributed by atoms with Crippen molar-refractivity contribution in [3.63, 3.8) is 0 Å². The van der Waals surface area contributed by atoms with Crippen LogP contribution in [0.25, 0.3) is 0 Å². The Kier molecular flexibility index (Phi) is 8.25. The monoisotopic (exact) mass is 489 g/mol. The first-order valence-electron chi connectivity index (χ1n) is 12.8. The third kappa shape index (κ3) is 5.87. The molecule has 0 atom stereocenters. The molecule has 1 aliphatic heterocycles. The van der Waals surface area contributed by atoms with E-state index in [1.165, 1.54) is 4.57 Å². The zero-order chi connectivity index (χ0) is 25.5. The summed E-state index contributed by atoms with van der Waals surface area (Å²) in [5.74, 6) is 0.199. The molecular formula is C28H35N5O3. The number of nitrogens with one attached hydrogen (secondary N) is 1. The van der Waals surface area contributed by atoms with Crippen molar-refractivity contribution in [2.45, 2.75) is 58.7 Å². The zero-order valence-corrected chi connectivity index (χ0v) is 20.9. The van der Waals surface area contributed by atoms with E-state index in [0.29, 0.717) is 25.2 Å². The summed E-state index contributed by atoms with van der Waals surface area (Å²) in [5, 5.41) is 0. The number of likely N-dealkylation sites (tertiary alicyclic amines) is 1. The highest BCUT2D eigenvalue weighted by atomic mass is 16.2. The van der Waals surface area contributed by atoms with E-state index in [2.05, 4.69) is 4.98 Å². The van der Waals surface area contributed by atoms with Gasteiger partial charge in [-0.2, -0.15) is 0 Å². The van der Waals surface area contributed by atoms with Crippen LogP contribution in [0.5, 0.6) is 0 Å². The molecule has 0 aliphatic carbocycles. The van der Waals surface area contributed by atoms with E-state index < -0.39 is 11.2 Å². The lowest BCUT2D eigenvalue weighted by Crippen LogP contribution is -2.38. The van der Waals surface area contributed by atoms with Crippen LogP contribution < -0.4 is 21.9 Å². The van der Waals surface area contributed by atoms with Crippen LogP contribution >= 0.6 is 0 Å². The summed E-state index contributed by atoms with van der Waals surface area (Å²) < 4.78 is 1.44. The van der Waals surface area contributed by atoms with Crippen LogP contribution in [0, 0.1) is 0 Å². The Morgan fingerprint density at radius 1 is 0.972 bits per heavy atom. The van der Waals surface area contributed by atoms with Crippen molar-refractivity contribution in [3.05, 3.63) is 92.1 Å². The molecule has 2 aromatic carbocycles.